The van der Waals surface area contributed by atoms with Gasteiger partial charge in [0.15, 0.2) is 0 Å². The number of sulfonamides is 1. The van der Waals surface area contributed by atoms with Crippen LogP contribution in [0.2, 0.25) is 0 Å². The predicted octanol–water partition coefficient (Wildman–Crippen LogP) is 1.31. The Bertz CT molecular complexity index is 472. The van der Waals surface area contributed by atoms with Crippen molar-refractivity contribution in [1.29, 1.82) is 0 Å². The Kier molecular flexibility index (Phi) is 4.77. The van der Waals surface area contributed by atoms with Gasteiger partial charge in [-0.15, -0.1) is 0 Å². The minimum atomic E-state index is -3.30. The van der Waals surface area contributed by atoms with E-state index in [9.17, 15) is 8.42 Å². The van der Waals surface area contributed by atoms with Crippen LogP contribution in [0.25, 0.3) is 0 Å². The monoisotopic (exact) mass is 258 g/mol. The molecule has 3 N–H and O–H groups in total. The van der Waals surface area contributed by atoms with Gasteiger partial charge in [-0.1, -0.05) is 13.0 Å². The Labute approximate surface area is 102 Å². The summed E-state index contributed by atoms with van der Waals surface area (Å²) in [5.74, 6) is 0.571. The normalized spacial score (nSPS) is 11.2. The minimum absolute atomic E-state index is 0.0921. The van der Waals surface area contributed by atoms with Gasteiger partial charge >= 0.3 is 0 Å². The molecule has 1 aromatic carbocycles. The Morgan fingerprint density at radius 1 is 1.41 bits per heavy atom. The van der Waals surface area contributed by atoms with Gasteiger partial charge in [-0.05, 0) is 24.1 Å². The van der Waals surface area contributed by atoms with Crippen LogP contribution in [0.15, 0.2) is 18.2 Å². The summed E-state index contributed by atoms with van der Waals surface area (Å²) >= 11 is 0. The topological polar surface area (TPSA) is 81.4 Å². The van der Waals surface area contributed by atoms with Gasteiger partial charge in [-0.2, -0.15) is 0 Å². The lowest BCUT2D eigenvalue weighted by molar-refractivity contribution is 0.416. The minimum Gasteiger partial charge on any atom is -0.495 e. The fourth-order valence-corrected chi connectivity index (χ4v) is 2.58. The molecule has 0 fully saturated rings. The van der Waals surface area contributed by atoms with Gasteiger partial charge < -0.3 is 10.5 Å². The van der Waals surface area contributed by atoms with Crippen LogP contribution >= 0.6 is 0 Å². The molecule has 0 spiro atoms. The smallest absolute Gasteiger partial charge is 0.232 e. The van der Waals surface area contributed by atoms with Crippen molar-refractivity contribution in [2.24, 2.45) is 5.73 Å². The lowest BCUT2D eigenvalue weighted by Gasteiger charge is -2.12. The number of benzene rings is 1. The molecule has 0 atom stereocenters. The second-order valence-corrected chi connectivity index (χ2v) is 5.50. The second-order valence-electron chi connectivity index (χ2n) is 3.66. The molecule has 0 aliphatic heterocycles. The zero-order valence-electron chi connectivity index (χ0n) is 10.1. The van der Waals surface area contributed by atoms with Crippen molar-refractivity contribution in [1.82, 2.24) is 0 Å². The summed E-state index contributed by atoms with van der Waals surface area (Å²) in [5.41, 5.74) is 6.84. The van der Waals surface area contributed by atoms with Gasteiger partial charge in [0.05, 0.1) is 18.6 Å². The molecule has 0 bridgehead atoms. The highest BCUT2D eigenvalue weighted by Gasteiger charge is 2.12. The van der Waals surface area contributed by atoms with E-state index in [1.807, 2.05) is 6.92 Å². The number of ether oxygens (including phenoxy) is 1. The number of anilines is 1. The standard InChI is InChI=1S/C11H18N2O3S/c1-3-6-17(14,15)13-10-5-4-9(8-12)7-11(10)16-2/h4-5,7,13H,3,6,8,12H2,1-2H3. The maximum Gasteiger partial charge on any atom is 0.232 e. The van der Waals surface area contributed by atoms with Crippen molar-refractivity contribution in [3.05, 3.63) is 23.8 Å². The molecule has 0 aliphatic carbocycles. The van der Waals surface area contributed by atoms with E-state index in [1.165, 1.54) is 7.11 Å². The number of nitrogens with one attached hydrogen (secondary N) is 1. The van der Waals surface area contributed by atoms with Crippen molar-refractivity contribution in [3.63, 3.8) is 0 Å². The van der Waals surface area contributed by atoms with E-state index in [0.717, 1.165) is 5.56 Å². The molecular weight excluding hydrogens is 240 g/mol. The largest absolute Gasteiger partial charge is 0.495 e. The van der Waals surface area contributed by atoms with Crippen LogP contribution in [-0.2, 0) is 16.6 Å². The highest BCUT2D eigenvalue weighted by Crippen LogP contribution is 2.26. The molecule has 0 radical (unpaired) electrons. The fourth-order valence-electron chi connectivity index (χ4n) is 1.43. The average Bonchev–Trinajstić information content (AvgIpc) is 2.29. The quantitative estimate of drug-likeness (QED) is 0.806. The molecule has 0 amide bonds. The molecule has 17 heavy (non-hydrogen) atoms. The van der Waals surface area contributed by atoms with Gasteiger partial charge in [-0.3, -0.25) is 4.72 Å². The molecule has 96 valence electrons. The first-order valence-corrected chi connectivity index (χ1v) is 7.05. The van der Waals surface area contributed by atoms with Crippen molar-refractivity contribution in [2.45, 2.75) is 19.9 Å². The van der Waals surface area contributed by atoms with Crippen LogP contribution in [-0.4, -0.2) is 21.3 Å². The molecule has 6 heteroatoms. The van der Waals surface area contributed by atoms with Gasteiger partial charge in [0.1, 0.15) is 5.75 Å². The number of hydrogen-bond donors (Lipinski definition) is 2. The molecular formula is C11H18N2O3S. The van der Waals surface area contributed by atoms with E-state index < -0.39 is 10.0 Å². The first-order chi connectivity index (χ1) is 8.02. The number of rotatable bonds is 6. The van der Waals surface area contributed by atoms with E-state index in [4.69, 9.17) is 10.5 Å². The lowest BCUT2D eigenvalue weighted by atomic mass is 10.2. The average molecular weight is 258 g/mol. The molecule has 1 rings (SSSR count). The number of hydrogen-bond acceptors (Lipinski definition) is 4. The van der Waals surface area contributed by atoms with Gasteiger partial charge in [0, 0.05) is 6.54 Å². The summed E-state index contributed by atoms with van der Waals surface area (Å²) in [6.07, 6.45) is 0.568. The van der Waals surface area contributed by atoms with E-state index in [2.05, 4.69) is 4.72 Å². The van der Waals surface area contributed by atoms with Crippen LogP contribution < -0.4 is 15.2 Å². The summed E-state index contributed by atoms with van der Waals surface area (Å²) < 4.78 is 30.9. The van der Waals surface area contributed by atoms with E-state index >= 15 is 0 Å². The van der Waals surface area contributed by atoms with Crippen molar-refractivity contribution >= 4 is 15.7 Å². The Hall–Kier alpha value is -1.27. The lowest BCUT2D eigenvalue weighted by Crippen LogP contribution is -2.16. The third-order valence-corrected chi connectivity index (χ3v) is 3.72. The molecule has 0 heterocycles. The maximum atomic E-state index is 11.6. The molecule has 0 aromatic heterocycles. The van der Waals surface area contributed by atoms with E-state index in [0.29, 0.717) is 24.4 Å². The predicted molar refractivity (Wildman–Crippen MR) is 68.6 cm³/mol. The van der Waals surface area contributed by atoms with Crippen LogP contribution in [0, 0.1) is 0 Å². The zero-order valence-corrected chi connectivity index (χ0v) is 10.9. The highest BCUT2D eigenvalue weighted by atomic mass is 32.2. The Morgan fingerprint density at radius 3 is 2.65 bits per heavy atom. The Balaban J connectivity index is 2.98. The summed E-state index contributed by atoms with van der Waals surface area (Å²) in [7, 11) is -1.80. The third kappa shape index (κ3) is 3.90. The van der Waals surface area contributed by atoms with Crippen molar-refractivity contribution < 1.29 is 13.2 Å². The van der Waals surface area contributed by atoms with Crippen molar-refractivity contribution in [2.75, 3.05) is 17.6 Å². The summed E-state index contributed by atoms with van der Waals surface area (Å²) in [4.78, 5) is 0. The van der Waals surface area contributed by atoms with E-state index in [1.54, 1.807) is 18.2 Å². The summed E-state index contributed by atoms with van der Waals surface area (Å²) in [6, 6.07) is 5.16. The highest BCUT2D eigenvalue weighted by molar-refractivity contribution is 7.92. The molecule has 1 aromatic rings. The number of methoxy groups -OCH3 is 1. The van der Waals surface area contributed by atoms with Crippen molar-refractivity contribution in [3.8, 4) is 5.75 Å². The fraction of sp³-hybridized carbons (Fsp3) is 0.455. The van der Waals surface area contributed by atoms with Gasteiger partial charge in [0.2, 0.25) is 10.0 Å². The first-order valence-electron chi connectivity index (χ1n) is 5.40. The van der Waals surface area contributed by atoms with Crippen LogP contribution in [0.5, 0.6) is 5.75 Å². The molecule has 5 nitrogen and oxygen atoms in total. The summed E-state index contributed by atoms with van der Waals surface area (Å²) in [6.45, 7) is 2.20. The SMILES string of the molecule is CCCS(=O)(=O)Nc1ccc(CN)cc1OC. The Morgan fingerprint density at radius 2 is 2.12 bits per heavy atom. The number of nitrogens with two attached hydrogens (primary N) is 1. The second kappa shape index (κ2) is 5.88. The van der Waals surface area contributed by atoms with Gasteiger partial charge in [0.25, 0.3) is 0 Å². The molecule has 0 unspecified atom stereocenters. The van der Waals surface area contributed by atoms with Crippen LogP contribution in [0.1, 0.15) is 18.9 Å². The van der Waals surface area contributed by atoms with Crippen LogP contribution in [0.3, 0.4) is 0 Å². The molecule has 0 saturated heterocycles. The third-order valence-electron chi connectivity index (χ3n) is 2.24. The summed E-state index contributed by atoms with van der Waals surface area (Å²) in [5, 5.41) is 0. The maximum absolute atomic E-state index is 11.6. The van der Waals surface area contributed by atoms with E-state index in [-0.39, 0.29) is 5.75 Å². The van der Waals surface area contributed by atoms with Gasteiger partial charge in [-0.25, -0.2) is 8.42 Å². The zero-order chi connectivity index (χ0) is 12.9. The van der Waals surface area contributed by atoms with Crippen LogP contribution in [0.4, 0.5) is 5.69 Å². The molecule has 0 aliphatic rings. The molecule has 0 saturated carbocycles. The first kappa shape index (κ1) is 13.8.